The number of rotatable bonds is 5. The van der Waals surface area contributed by atoms with Crippen LogP contribution in [-0.2, 0) is 4.79 Å². The molecule has 1 aliphatic carbocycles. The minimum absolute atomic E-state index is 0.0271. The van der Waals surface area contributed by atoms with Crippen molar-refractivity contribution in [1.29, 1.82) is 0 Å². The van der Waals surface area contributed by atoms with Gasteiger partial charge in [0.15, 0.2) is 0 Å². The third kappa shape index (κ3) is 3.21. The number of carbonyl (C=O) groups excluding carboxylic acids is 1. The summed E-state index contributed by atoms with van der Waals surface area (Å²) >= 11 is 0. The fourth-order valence-corrected chi connectivity index (χ4v) is 3.62. The van der Waals surface area contributed by atoms with Gasteiger partial charge in [-0.3, -0.25) is 4.79 Å². The Balaban J connectivity index is 1.46. The molecule has 3 rings (SSSR count). The molecule has 4 heteroatoms. The molecule has 3 atom stereocenters. The Hall–Kier alpha value is -1.55. The van der Waals surface area contributed by atoms with E-state index in [2.05, 4.69) is 5.32 Å². The van der Waals surface area contributed by atoms with Crippen LogP contribution in [0.1, 0.15) is 19.3 Å². The van der Waals surface area contributed by atoms with Crippen LogP contribution in [0.3, 0.4) is 0 Å². The second-order valence-electron chi connectivity index (χ2n) is 6.16. The molecular weight excluding hydrogens is 264 g/mol. The number of carbonyl (C=O) groups is 1. The Bertz CT molecular complexity index is 477. The zero-order valence-electron chi connectivity index (χ0n) is 12.6. The highest BCUT2D eigenvalue weighted by molar-refractivity contribution is 5.82. The summed E-state index contributed by atoms with van der Waals surface area (Å²) in [5, 5.41) is 3.42. The number of para-hydroxylation sites is 1. The molecule has 1 aliphatic heterocycles. The average molecular weight is 288 g/mol. The van der Waals surface area contributed by atoms with E-state index in [9.17, 15) is 4.79 Å². The molecule has 114 valence electrons. The molecule has 2 fully saturated rings. The van der Waals surface area contributed by atoms with E-state index in [1.807, 2.05) is 37.4 Å². The van der Waals surface area contributed by atoms with Crippen molar-refractivity contribution in [2.75, 3.05) is 26.7 Å². The van der Waals surface area contributed by atoms with Gasteiger partial charge in [0, 0.05) is 7.05 Å². The number of hydrogen-bond donors (Lipinski definition) is 1. The number of benzene rings is 1. The highest BCUT2D eigenvalue weighted by atomic mass is 16.5. The Morgan fingerprint density at radius 2 is 2.14 bits per heavy atom. The van der Waals surface area contributed by atoms with Gasteiger partial charge in [0.25, 0.3) is 0 Å². The lowest BCUT2D eigenvalue weighted by molar-refractivity contribution is -0.133. The van der Waals surface area contributed by atoms with E-state index in [0.717, 1.165) is 12.3 Å². The van der Waals surface area contributed by atoms with Crippen molar-refractivity contribution in [3.05, 3.63) is 30.3 Å². The number of likely N-dealkylation sites (N-methyl/N-ethyl adjacent to an activating group) is 1. The first kappa shape index (κ1) is 14.4. The van der Waals surface area contributed by atoms with Crippen molar-refractivity contribution in [1.82, 2.24) is 10.2 Å². The first-order valence-electron chi connectivity index (χ1n) is 7.92. The fourth-order valence-electron chi connectivity index (χ4n) is 3.62. The molecule has 4 nitrogen and oxygen atoms in total. The SMILES string of the molecule is CN(CCOc1ccccc1)C(=O)C1NCC2CCCC21. The predicted molar refractivity (Wildman–Crippen MR) is 82.2 cm³/mol. The van der Waals surface area contributed by atoms with Crippen LogP contribution in [0.2, 0.25) is 0 Å². The standard InChI is InChI=1S/C17H24N2O2/c1-19(10-11-21-14-7-3-2-4-8-14)17(20)16-15-9-5-6-13(15)12-18-16/h2-4,7-8,13,15-16,18H,5-6,9-12H2,1H3. The van der Waals surface area contributed by atoms with Gasteiger partial charge in [-0.15, -0.1) is 0 Å². The van der Waals surface area contributed by atoms with Gasteiger partial charge in [-0.1, -0.05) is 24.6 Å². The number of nitrogens with one attached hydrogen (secondary N) is 1. The van der Waals surface area contributed by atoms with E-state index in [0.29, 0.717) is 25.0 Å². The van der Waals surface area contributed by atoms with Crippen molar-refractivity contribution >= 4 is 5.91 Å². The van der Waals surface area contributed by atoms with Crippen LogP contribution in [0.5, 0.6) is 5.75 Å². The van der Waals surface area contributed by atoms with E-state index in [1.54, 1.807) is 4.90 Å². The first-order valence-corrected chi connectivity index (χ1v) is 7.92. The Labute approximate surface area is 126 Å². The zero-order chi connectivity index (χ0) is 14.7. The molecule has 21 heavy (non-hydrogen) atoms. The molecule has 1 aromatic rings. The molecule has 0 spiro atoms. The molecule has 0 aromatic heterocycles. The maximum absolute atomic E-state index is 12.5. The largest absolute Gasteiger partial charge is 0.492 e. The summed E-state index contributed by atoms with van der Waals surface area (Å²) in [5.41, 5.74) is 0. The van der Waals surface area contributed by atoms with E-state index in [-0.39, 0.29) is 11.9 Å². The molecule has 1 heterocycles. The predicted octanol–water partition coefficient (Wildman–Crippen LogP) is 1.91. The summed E-state index contributed by atoms with van der Waals surface area (Å²) < 4.78 is 5.66. The summed E-state index contributed by atoms with van der Waals surface area (Å²) in [4.78, 5) is 14.3. The monoisotopic (exact) mass is 288 g/mol. The Morgan fingerprint density at radius 1 is 1.33 bits per heavy atom. The number of amides is 1. The number of hydrogen-bond acceptors (Lipinski definition) is 3. The minimum atomic E-state index is 0.0271. The normalized spacial score (nSPS) is 27.4. The Morgan fingerprint density at radius 3 is 2.95 bits per heavy atom. The van der Waals surface area contributed by atoms with Crippen LogP contribution in [0.25, 0.3) is 0 Å². The van der Waals surface area contributed by atoms with Gasteiger partial charge in [0.2, 0.25) is 5.91 Å². The quantitative estimate of drug-likeness (QED) is 0.900. The molecule has 1 N–H and O–H groups in total. The molecular formula is C17H24N2O2. The smallest absolute Gasteiger partial charge is 0.239 e. The summed E-state index contributed by atoms with van der Waals surface area (Å²) in [6.07, 6.45) is 3.76. The highest BCUT2D eigenvalue weighted by Crippen LogP contribution is 2.38. The van der Waals surface area contributed by atoms with Crippen molar-refractivity contribution in [3.8, 4) is 5.75 Å². The Kier molecular flexibility index (Phi) is 4.44. The van der Waals surface area contributed by atoms with E-state index in [1.165, 1.54) is 19.3 Å². The average Bonchev–Trinajstić information content (AvgIpc) is 3.10. The lowest BCUT2D eigenvalue weighted by atomic mass is 9.93. The van der Waals surface area contributed by atoms with Gasteiger partial charge in [-0.05, 0) is 43.4 Å². The van der Waals surface area contributed by atoms with Crippen molar-refractivity contribution < 1.29 is 9.53 Å². The van der Waals surface area contributed by atoms with Crippen LogP contribution < -0.4 is 10.1 Å². The maximum Gasteiger partial charge on any atom is 0.239 e. The molecule has 2 aliphatic rings. The molecule has 1 saturated heterocycles. The maximum atomic E-state index is 12.5. The summed E-state index contributed by atoms with van der Waals surface area (Å²) in [6.45, 7) is 2.17. The number of ether oxygens (including phenoxy) is 1. The van der Waals surface area contributed by atoms with Crippen LogP contribution in [0.4, 0.5) is 0 Å². The second-order valence-corrected chi connectivity index (χ2v) is 6.16. The van der Waals surface area contributed by atoms with E-state index >= 15 is 0 Å². The molecule has 0 radical (unpaired) electrons. The lowest BCUT2D eigenvalue weighted by Gasteiger charge is -2.24. The molecule has 1 aromatic carbocycles. The van der Waals surface area contributed by atoms with Gasteiger partial charge < -0.3 is 15.0 Å². The van der Waals surface area contributed by atoms with Gasteiger partial charge in [0.1, 0.15) is 12.4 Å². The minimum Gasteiger partial charge on any atom is -0.492 e. The topological polar surface area (TPSA) is 41.6 Å². The lowest BCUT2D eigenvalue weighted by Crippen LogP contribution is -2.45. The van der Waals surface area contributed by atoms with Gasteiger partial charge in [-0.25, -0.2) is 0 Å². The van der Waals surface area contributed by atoms with E-state index in [4.69, 9.17) is 4.74 Å². The van der Waals surface area contributed by atoms with Crippen LogP contribution >= 0.6 is 0 Å². The zero-order valence-corrected chi connectivity index (χ0v) is 12.6. The van der Waals surface area contributed by atoms with Crippen molar-refractivity contribution in [2.45, 2.75) is 25.3 Å². The van der Waals surface area contributed by atoms with Gasteiger partial charge >= 0.3 is 0 Å². The summed E-state index contributed by atoms with van der Waals surface area (Å²) in [6, 6.07) is 9.76. The van der Waals surface area contributed by atoms with Gasteiger partial charge in [-0.2, -0.15) is 0 Å². The fraction of sp³-hybridized carbons (Fsp3) is 0.588. The third-order valence-corrected chi connectivity index (χ3v) is 4.83. The van der Waals surface area contributed by atoms with Gasteiger partial charge in [0.05, 0.1) is 12.6 Å². The third-order valence-electron chi connectivity index (χ3n) is 4.83. The second kappa shape index (κ2) is 6.48. The highest BCUT2D eigenvalue weighted by Gasteiger charge is 2.43. The molecule has 1 amide bonds. The molecule has 1 saturated carbocycles. The van der Waals surface area contributed by atoms with Crippen LogP contribution in [-0.4, -0.2) is 43.6 Å². The van der Waals surface area contributed by atoms with Crippen LogP contribution in [0.15, 0.2) is 30.3 Å². The van der Waals surface area contributed by atoms with Crippen LogP contribution in [0, 0.1) is 11.8 Å². The molecule has 0 bridgehead atoms. The van der Waals surface area contributed by atoms with Crippen molar-refractivity contribution in [3.63, 3.8) is 0 Å². The number of nitrogens with zero attached hydrogens (tertiary/aromatic N) is 1. The molecule has 3 unspecified atom stereocenters. The van der Waals surface area contributed by atoms with Crippen molar-refractivity contribution in [2.24, 2.45) is 11.8 Å². The first-order chi connectivity index (χ1) is 10.3. The van der Waals surface area contributed by atoms with E-state index < -0.39 is 0 Å². The summed E-state index contributed by atoms with van der Waals surface area (Å²) in [5.74, 6) is 2.34. The summed E-state index contributed by atoms with van der Waals surface area (Å²) in [7, 11) is 1.88. The number of fused-ring (bicyclic) bond motifs is 1.